The predicted molar refractivity (Wildman–Crippen MR) is 81.8 cm³/mol. The lowest BCUT2D eigenvalue weighted by molar-refractivity contribution is 0.0902. The van der Waals surface area contributed by atoms with Crippen molar-refractivity contribution >= 4 is 0 Å². The van der Waals surface area contributed by atoms with Crippen LogP contribution in [0.3, 0.4) is 0 Å². The Morgan fingerprint density at radius 2 is 1.70 bits per heavy atom. The van der Waals surface area contributed by atoms with Crippen LogP contribution in [0.4, 0.5) is 0 Å². The molecule has 1 N–H and O–H groups in total. The van der Waals surface area contributed by atoms with Crippen LogP contribution < -0.4 is 0 Å². The third-order valence-corrected chi connectivity index (χ3v) is 3.74. The second kappa shape index (κ2) is 7.25. The van der Waals surface area contributed by atoms with E-state index in [0.29, 0.717) is 5.92 Å². The molecule has 3 nitrogen and oxygen atoms in total. The molecule has 0 radical (unpaired) electrons. The Hall–Kier alpha value is -1.61. The van der Waals surface area contributed by atoms with E-state index in [4.69, 9.17) is 0 Å². The highest BCUT2D eigenvalue weighted by atomic mass is 16.3. The van der Waals surface area contributed by atoms with Crippen LogP contribution in [-0.4, -0.2) is 14.9 Å². The number of rotatable bonds is 7. The molecule has 0 aliphatic carbocycles. The zero-order valence-electron chi connectivity index (χ0n) is 12.4. The summed E-state index contributed by atoms with van der Waals surface area (Å²) in [6.07, 6.45) is 5.62. The molecule has 0 fully saturated rings. The van der Waals surface area contributed by atoms with Gasteiger partial charge in [0.15, 0.2) is 0 Å². The fourth-order valence-electron chi connectivity index (χ4n) is 2.77. The minimum Gasteiger partial charge on any atom is -0.387 e. The normalized spacial score (nSPS) is 12.8. The first kappa shape index (κ1) is 14.8. The van der Waals surface area contributed by atoms with Crippen LogP contribution >= 0.6 is 0 Å². The van der Waals surface area contributed by atoms with Gasteiger partial charge in [-0.15, -0.1) is 0 Å². The molecule has 1 atom stereocenters. The van der Waals surface area contributed by atoms with E-state index in [1.165, 1.54) is 0 Å². The summed E-state index contributed by atoms with van der Waals surface area (Å²) in [6, 6.07) is 11.9. The monoisotopic (exact) mass is 272 g/mol. The summed E-state index contributed by atoms with van der Waals surface area (Å²) in [6.45, 7) is 4.34. The van der Waals surface area contributed by atoms with Crippen LogP contribution in [0.1, 0.15) is 51.3 Å². The van der Waals surface area contributed by atoms with Crippen molar-refractivity contribution in [3.8, 4) is 5.69 Å². The van der Waals surface area contributed by atoms with Gasteiger partial charge in [0, 0.05) is 6.20 Å². The number of nitrogens with zero attached hydrogens (tertiary/aromatic N) is 2. The fraction of sp³-hybridized carbons (Fsp3) is 0.471. The predicted octanol–water partition coefficient (Wildman–Crippen LogP) is 4.12. The van der Waals surface area contributed by atoms with Crippen LogP contribution in [0.25, 0.3) is 5.69 Å². The van der Waals surface area contributed by atoms with Gasteiger partial charge in [0.2, 0.25) is 0 Å². The maximum Gasteiger partial charge on any atom is 0.0989 e. The molecule has 0 amide bonds. The Morgan fingerprint density at radius 3 is 2.30 bits per heavy atom. The van der Waals surface area contributed by atoms with Crippen molar-refractivity contribution in [1.82, 2.24) is 9.78 Å². The molecule has 0 spiro atoms. The number of aromatic nitrogens is 2. The lowest BCUT2D eigenvalue weighted by atomic mass is 9.90. The first-order valence-electron chi connectivity index (χ1n) is 7.55. The second-order valence-electron chi connectivity index (χ2n) is 5.29. The van der Waals surface area contributed by atoms with E-state index in [0.717, 1.165) is 37.1 Å². The van der Waals surface area contributed by atoms with Gasteiger partial charge in [-0.05, 0) is 37.0 Å². The maximum atomic E-state index is 10.7. The molecule has 2 rings (SSSR count). The summed E-state index contributed by atoms with van der Waals surface area (Å²) in [7, 11) is 0. The first-order chi connectivity index (χ1) is 9.77. The third-order valence-electron chi connectivity index (χ3n) is 3.74. The topological polar surface area (TPSA) is 38.1 Å². The minimum atomic E-state index is -0.447. The van der Waals surface area contributed by atoms with Crippen molar-refractivity contribution < 1.29 is 5.11 Å². The molecule has 3 heteroatoms. The molecule has 0 saturated heterocycles. The Morgan fingerprint density at radius 1 is 1.05 bits per heavy atom. The lowest BCUT2D eigenvalue weighted by Gasteiger charge is -2.23. The van der Waals surface area contributed by atoms with Gasteiger partial charge in [-0.2, -0.15) is 5.10 Å². The largest absolute Gasteiger partial charge is 0.387 e. The maximum absolute atomic E-state index is 10.7. The fourth-order valence-corrected chi connectivity index (χ4v) is 2.77. The van der Waals surface area contributed by atoms with E-state index in [1.807, 2.05) is 41.1 Å². The number of hydrogen-bond donors (Lipinski definition) is 1. The number of benzene rings is 1. The SMILES string of the molecule is CCCC(CCC)C(O)c1ccnn1-c1ccccc1. The van der Waals surface area contributed by atoms with Crippen LogP contribution in [0.15, 0.2) is 42.6 Å². The molecule has 1 heterocycles. The average molecular weight is 272 g/mol. The van der Waals surface area contributed by atoms with Crippen molar-refractivity contribution in [2.75, 3.05) is 0 Å². The minimum absolute atomic E-state index is 0.309. The Balaban J connectivity index is 2.26. The molecule has 0 saturated carbocycles. The van der Waals surface area contributed by atoms with Gasteiger partial charge in [0.05, 0.1) is 17.5 Å². The molecule has 1 aromatic heterocycles. The van der Waals surface area contributed by atoms with Crippen LogP contribution in [-0.2, 0) is 0 Å². The summed E-state index contributed by atoms with van der Waals surface area (Å²) in [4.78, 5) is 0. The Labute approximate surface area is 121 Å². The van der Waals surface area contributed by atoms with Gasteiger partial charge in [-0.25, -0.2) is 4.68 Å². The van der Waals surface area contributed by atoms with Crippen molar-refractivity contribution in [1.29, 1.82) is 0 Å². The summed E-state index contributed by atoms with van der Waals surface area (Å²) in [5.74, 6) is 0.309. The number of aliphatic hydroxyl groups is 1. The molecule has 20 heavy (non-hydrogen) atoms. The van der Waals surface area contributed by atoms with E-state index in [9.17, 15) is 5.11 Å². The van der Waals surface area contributed by atoms with Crippen molar-refractivity contribution in [3.63, 3.8) is 0 Å². The van der Waals surface area contributed by atoms with E-state index < -0.39 is 6.10 Å². The smallest absolute Gasteiger partial charge is 0.0989 e. The van der Waals surface area contributed by atoms with E-state index in [-0.39, 0.29) is 0 Å². The molecule has 0 aliphatic rings. The van der Waals surface area contributed by atoms with E-state index in [2.05, 4.69) is 18.9 Å². The van der Waals surface area contributed by atoms with Crippen LogP contribution in [0, 0.1) is 5.92 Å². The van der Waals surface area contributed by atoms with Gasteiger partial charge in [-0.1, -0.05) is 44.9 Å². The molecule has 2 aromatic rings. The zero-order valence-corrected chi connectivity index (χ0v) is 12.4. The highest BCUT2D eigenvalue weighted by molar-refractivity contribution is 5.32. The molecule has 0 bridgehead atoms. The number of para-hydroxylation sites is 1. The van der Waals surface area contributed by atoms with Gasteiger partial charge >= 0.3 is 0 Å². The summed E-state index contributed by atoms with van der Waals surface area (Å²) < 4.78 is 1.85. The average Bonchev–Trinajstić information content (AvgIpc) is 2.96. The standard InChI is InChI=1S/C17H24N2O/c1-3-8-14(9-4-2)17(20)16-12-13-18-19(16)15-10-6-5-7-11-15/h5-7,10-14,17,20H,3-4,8-9H2,1-2H3. The zero-order chi connectivity index (χ0) is 14.4. The molecule has 0 aliphatic heterocycles. The van der Waals surface area contributed by atoms with E-state index >= 15 is 0 Å². The highest BCUT2D eigenvalue weighted by Gasteiger charge is 2.23. The molecule has 1 aromatic carbocycles. The molecule has 1 unspecified atom stereocenters. The van der Waals surface area contributed by atoms with Crippen LogP contribution in [0.5, 0.6) is 0 Å². The van der Waals surface area contributed by atoms with E-state index in [1.54, 1.807) is 6.20 Å². The quantitative estimate of drug-likeness (QED) is 0.823. The van der Waals surface area contributed by atoms with Gasteiger partial charge in [-0.3, -0.25) is 0 Å². The Kier molecular flexibility index (Phi) is 5.36. The van der Waals surface area contributed by atoms with Crippen molar-refractivity contribution in [2.24, 2.45) is 5.92 Å². The highest BCUT2D eigenvalue weighted by Crippen LogP contribution is 2.30. The first-order valence-corrected chi connectivity index (χ1v) is 7.55. The van der Waals surface area contributed by atoms with Crippen LogP contribution in [0.2, 0.25) is 0 Å². The molecule has 108 valence electrons. The van der Waals surface area contributed by atoms with Gasteiger partial charge in [0.1, 0.15) is 0 Å². The summed E-state index contributed by atoms with van der Waals surface area (Å²) in [5.41, 5.74) is 1.89. The van der Waals surface area contributed by atoms with Gasteiger partial charge < -0.3 is 5.11 Å². The molecular formula is C17H24N2O. The van der Waals surface area contributed by atoms with Crippen molar-refractivity contribution in [3.05, 3.63) is 48.3 Å². The summed E-state index contributed by atoms with van der Waals surface area (Å²) >= 11 is 0. The Bertz CT molecular complexity index is 501. The summed E-state index contributed by atoms with van der Waals surface area (Å²) in [5, 5.41) is 15.1. The lowest BCUT2D eigenvalue weighted by Crippen LogP contribution is -2.16. The number of aliphatic hydroxyl groups excluding tert-OH is 1. The van der Waals surface area contributed by atoms with Crippen molar-refractivity contribution in [2.45, 2.75) is 45.6 Å². The molecular weight excluding hydrogens is 248 g/mol. The second-order valence-corrected chi connectivity index (χ2v) is 5.29. The van der Waals surface area contributed by atoms with Gasteiger partial charge in [0.25, 0.3) is 0 Å². The number of hydrogen-bond acceptors (Lipinski definition) is 2. The third kappa shape index (κ3) is 3.28.